The van der Waals surface area contributed by atoms with E-state index in [1.54, 1.807) is 18.7 Å². The average molecular weight is 412 g/mol. The van der Waals surface area contributed by atoms with Crippen LogP contribution in [0, 0.1) is 5.92 Å². The molecule has 1 aliphatic rings. The van der Waals surface area contributed by atoms with Gasteiger partial charge in [0.2, 0.25) is 5.91 Å². The summed E-state index contributed by atoms with van der Waals surface area (Å²) in [6.45, 7) is 6.36. The Morgan fingerprint density at radius 3 is 2.79 bits per heavy atom. The number of piperidine rings is 1. The number of pyridine rings is 1. The van der Waals surface area contributed by atoms with E-state index in [9.17, 15) is 4.79 Å². The summed E-state index contributed by atoms with van der Waals surface area (Å²) in [5.41, 5.74) is 0.877. The number of furan rings is 1. The molecule has 1 aliphatic heterocycles. The minimum atomic E-state index is -0.232. The molecule has 0 aromatic carbocycles. The number of aromatic nitrogens is 4. The van der Waals surface area contributed by atoms with Crippen molar-refractivity contribution in [3.8, 4) is 11.4 Å². The van der Waals surface area contributed by atoms with Crippen LogP contribution in [0.2, 0.25) is 0 Å². The molecule has 7 nitrogen and oxygen atoms in total. The summed E-state index contributed by atoms with van der Waals surface area (Å²) in [5.74, 6) is 2.38. The van der Waals surface area contributed by atoms with Gasteiger partial charge in [0.05, 0.1) is 18.1 Å². The molecule has 0 saturated carbocycles. The standard InChI is InChI=1S/C21H25N5O2S/c1-15-7-10-25(11-8-15)20(27)16(2)29-21-24-23-19(17-5-3-9-22-13-17)26(21)14-18-6-4-12-28-18/h3-6,9,12-13,15-16H,7-8,10-11,14H2,1-2H3. The highest BCUT2D eigenvalue weighted by Crippen LogP contribution is 2.29. The lowest BCUT2D eigenvalue weighted by Gasteiger charge is -2.31. The van der Waals surface area contributed by atoms with Crippen molar-refractivity contribution in [2.75, 3.05) is 13.1 Å². The van der Waals surface area contributed by atoms with Crippen LogP contribution in [0.4, 0.5) is 0 Å². The molecule has 152 valence electrons. The topological polar surface area (TPSA) is 77.1 Å². The molecule has 0 spiro atoms. The van der Waals surface area contributed by atoms with E-state index >= 15 is 0 Å². The number of hydrogen-bond acceptors (Lipinski definition) is 6. The first-order valence-electron chi connectivity index (χ1n) is 9.93. The van der Waals surface area contributed by atoms with Gasteiger partial charge in [0.1, 0.15) is 5.76 Å². The molecule has 1 atom stereocenters. The van der Waals surface area contributed by atoms with E-state index in [1.807, 2.05) is 40.7 Å². The largest absolute Gasteiger partial charge is 0.467 e. The lowest BCUT2D eigenvalue weighted by atomic mass is 9.99. The van der Waals surface area contributed by atoms with E-state index in [0.29, 0.717) is 23.4 Å². The number of nitrogens with zero attached hydrogens (tertiary/aromatic N) is 5. The molecule has 1 amide bonds. The zero-order chi connectivity index (χ0) is 20.2. The van der Waals surface area contributed by atoms with Crippen LogP contribution in [0.15, 0.2) is 52.5 Å². The maximum absolute atomic E-state index is 12.9. The van der Waals surface area contributed by atoms with E-state index in [4.69, 9.17) is 4.42 Å². The van der Waals surface area contributed by atoms with Gasteiger partial charge < -0.3 is 9.32 Å². The van der Waals surface area contributed by atoms with Gasteiger partial charge in [-0.3, -0.25) is 14.3 Å². The molecule has 1 fully saturated rings. The number of rotatable bonds is 6. The number of amides is 1. The molecule has 1 saturated heterocycles. The van der Waals surface area contributed by atoms with Crippen LogP contribution in [0.25, 0.3) is 11.4 Å². The number of hydrogen-bond donors (Lipinski definition) is 0. The van der Waals surface area contributed by atoms with Crippen molar-refractivity contribution >= 4 is 17.7 Å². The molecular weight excluding hydrogens is 386 g/mol. The van der Waals surface area contributed by atoms with Crippen LogP contribution >= 0.6 is 11.8 Å². The van der Waals surface area contributed by atoms with Gasteiger partial charge >= 0.3 is 0 Å². The van der Waals surface area contributed by atoms with E-state index in [2.05, 4.69) is 22.1 Å². The second kappa shape index (κ2) is 8.82. The molecule has 4 heterocycles. The molecule has 0 radical (unpaired) electrons. The van der Waals surface area contributed by atoms with Crippen LogP contribution < -0.4 is 0 Å². The summed E-state index contributed by atoms with van der Waals surface area (Å²) in [5, 5.41) is 9.24. The third-order valence-electron chi connectivity index (χ3n) is 5.26. The zero-order valence-electron chi connectivity index (χ0n) is 16.7. The van der Waals surface area contributed by atoms with Gasteiger partial charge in [-0.25, -0.2) is 0 Å². The minimum absolute atomic E-state index is 0.164. The normalized spacial score (nSPS) is 16.1. The second-order valence-corrected chi connectivity index (χ2v) is 8.79. The maximum Gasteiger partial charge on any atom is 0.235 e. The Balaban J connectivity index is 1.56. The van der Waals surface area contributed by atoms with Crippen molar-refractivity contribution in [3.05, 3.63) is 48.7 Å². The fourth-order valence-electron chi connectivity index (χ4n) is 3.48. The number of likely N-dealkylation sites (tertiary alicyclic amines) is 1. The summed E-state index contributed by atoms with van der Waals surface area (Å²) in [6, 6.07) is 7.61. The number of thioether (sulfide) groups is 1. The van der Waals surface area contributed by atoms with Crippen LogP contribution in [-0.4, -0.2) is 48.9 Å². The van der Waals surface area contributed by atoms with E-state index in [1.165, 1.54) is 11.8 Å². The van der Waals surface area contributed by atoms with Gasteiger partial charge in [-0.1, -0.05) is 18.7 Å². The molecule has 29 heavy (non-hydrogen) atoms. The highest BCUT2D eigenvalue weighted by Gasteiger charge is 2.27. The fourth-order valence-corrected chi connectivity index (χ4v) is 4.41. The lowest BCUT2D eigenvalue weighted by molar-refractivity contribution is -0.131. The smallest absolute Gasteiger partial charge is 0.235 e. The molecule has 0 N–H and O–H groups in total. The van der Waals surface area contributed by atoms with E-state index in [0.717, 1.165) is 37.3 Å². The summed E-state index contributed by atoms with van der Waals surface area (Å²) in [4.78, 5) is 19.1. The number of carbonyl (C=O) groups is 1. The average Bonchev–Trinajstić information content (AvgIpc) is 3.39. The van der Waals surface area contributed by atoms with Crippen molar-refractivity contribution in [1.29, 1.82) is 0 Å². The minimum Gasteiger partial charge on any atom is -0.467 e. The van der Waals surface area contributed by atoms with Crippen LogP contribution in [0.1, 0.15) is 32.4 Å². The maximum atomic E-state index is 12.9. The Morgan fingerprint density at radius 1 is 1.28 bits per heavy atom. The third kappa shape index (κ3) is 4.53. The van der Waals surface area contributed by atoms with Gasteiger partial charge in [0.15, 0.2) is 11.0 Å². The molecular formula is C21H25N5O2S. The molecule has 4 rings (SSSR count). The van der Waals surface area contributed by atoms with Crippen molar-refractivity contribution < 1.29 is 9.21 Å². The fraction of sp³-hybridized carbons (Fsp3) is 0.429. The predicted molar refractivity (Wildman–Crippen MR) is 111 cm³/mol. The highest BCUT2D eigenvalue weighted by atomic mass is 32.2. The summed E-state index contributed by atoms with van der Waals surface area (Å²) in [6.07, 6.45) is 7.29. The van der Waals surface area contributed by atoms with Gasteiger partial charge in [-0.05, 0) is 49.9 Å². The van der Waals surface area contributed by atoms with Gasteiger partial charge in [0, 0.05) is 31.0 Å². The van der Waals surface area contributed by atoms with E-state index in [-0.39, 0.29) is 11.2 Å². The molecule has 8 heteroatoms. The summed E-state index contributed by atoms with van der Waals surface area (Å²) in [7, 11) is 0. The Labute approximate surface area is 174 Å². The monoisotopic (exact) mass is 411 g/mol. The van der Waals surface area contributed by atoms with Gasteiger partial charge in [0.25, 0.3) is 0 Å². The van der Waals surface area contributed by atoms with Gasteiger partial charge in [-0.15, -0.1) is 10.2 Å². The van der Waals surface area contributed by atoms with Gasteiger partial charge in [-0.2, -0.15) is 0 Å². The van der Waals surface area contributed by atoms with Crippen molar-refractivity contribution in [2.45, 2.75) is 43.6 Å². The Morgan fingerprint density at radius 2 is 2.10 bits per heavy atom. The Bertz CT molecular complexity index is 933. The third-order valence-corrected chi connectivity index (χ3v) is 6.32. The molecule has 1 unspecified atom stereocenters. The summed E-state index contributed by atoms with van der Waals surface area (Å²) >= 11 is 1.45. The molecule has 0 bridgehead atoms. The molecule has 0 aliphatic carbocycles. The second-order valence-electron chi connectivity index (χ2n) is 7.48. The molecule has 3 aromatic rings. The van der Waals surface area contributed by atoms with E-state index < -0.39 is 0 Å². The summed E-state index contributed by atoms with van der Waals surface area (Å²) < 4.78 is 7.52. The Kier molecular flexibility index (Phi) is 5.99. The van der Waals surface area contributed by atoms with Crippen molar-refractivity contribution in [3.63, 3.8) is 0 Å². The SMILES string of the molecule is CC1CCN(C(=O)C(C)Sc2nnc(-c3cccnc3)n2Cc2ccco2)CC1. The lowest BCUT2D eigenvalue weighted by Crippen LogP contribution is -2.41. The van der Waals surface area contributed by atoms with Crippen LogP contribution in [0.3, 0.4) is 0 Å². The zero-order valence-corrected chi connectivity index (χ0v) is 17.5. The number of carbonyl (C=O) groups excluding carboxylic acids is 1. The van der Waals surface area contributed by atoms with Crippen LogP contribution in [0.5, 0.6) is 0 Å². The first kappa shape index (κ1) is 19.7. The quantitative estimate of drug-likeness (QED) is 0.576. The molecule has 3 aromatic heterocycles. The highest BCUT2D eigenvalue weighted by molar-refractivity contribution is 8.00. The van der Waals surface area contributed by atoms with Crippen LogP contribution in [-0.2, 0) is 11.3 Å². The first-order valence-corrected chi connectivity index (χ1v) is 10.8. The van der Waals surface area contributed by atoms with Crippen molar-refractivity contribution in [1.82, 2.24) is 24.6 Å². The predicted octanol–water partition coefficient (Wildman–Crippen LogP) is 3.72. The van der Waals surface area contributed by atoms with Crippen molar-refractivity contribution in [2.24, 2.45) is 5.92 Å². The Hall–Kier alpha value is -2.61. The first-order chi connectivity index (χ1) is 14.1.